The van der Waals surface area contributed by atoms with Gasteiger partial charge in [0.2, 0.25) is 0 Å². The Morgan fingerprint density at radius 1 is 0.357 bits per heavy atom. The van der Waals surface area contributed by atoms with Gasteiger partial charge in [0, 0.05) is 38.8 Å². The maximum absolute atomic E-state index is 2.55. The molecular weight excluding hydrogens is 845 g/mol. The Morgan fingerprint density at radius 3 is 1.60 bits per heavy atom. The number of aromatic nitrogens is 1. The number of hydrogen-bond acceptors (Lipinski definition) is 1. The van der Waals surface area contributed by atoms with Crippen molar-refractivity contribution < 1.29 is 0 Å². The van der Waals surface area contributed by atoms with E-state index in [1.807, 2.05) is 0 Å². The summed E-state index contributed by atoms with van der Waals surface area (Å²) < 4.78 is 2.45. The van der Waals surface area contributed by atoms with Crippen molar-refractivity contribution in [3.63, 3.8) is 0 Å². The van der Waals surface area contributed by atoms with Crippen LogP contribution in [0.15, 0.2) is 249 Å². The minimum Gasteiger partial charge on any atom is -0.309 e. The number of fused-ring (bicyclic) bond motifs is 5. The van der Waals surface area contributed by atoms with E-state index in [9.17, 15) is 0 Å². The third-order valence-electron chi connectivity index (χ3n) is 15.0. The van der Waals surface area contributed by atoms with Crippen LogP contribution in [0.2, 0.25) is 0 Å². The van der Waals surface area contributed by atoms with E-state index in [4.69, 9.17) is 0 Å². The second-order valence-electron chi connectivity index (χ2n) is 19.0. The molecule has 1 fully saturated rings. The summed E-state index contributed by atoms with van der Waals surface area (Å²) in [4.78, 5) is 2.55. The Balaban J connectivity index is 1.08. The molecule has 334 valence electrons. The highest BCUT2D eigenvalue weighted by molar-refractivity contribution is 6.14. The van der Waals surface area contributed by atoms with E-state index in [0.717, 1.165) is 28.3 Å². The molecule has 0 atom stereocenters. The number of hydrogen-bond donors (Lipinski definition) is 0. The van der Waals surface area contributed by atoms with E-state index in [-0.39, 0.29) is 0 Å². The number of rotatable bonds is 9. The minimum atomic E-state index is 0.554. The fraction of sp³-hybridized carbons (Fsp3) is 0.0882. The lowest BCUT2D eigenvalue weighted by Crippen LogP contribution is -2.13. The largest absolute Gasteiger partial charge is 0.309 e. The van der Waals surface area contributed by atoms with E-state index < -0.39 is 0 Å². The van der Waals surface area contributed by atoms with Crippen LogP contribution in [0.25, 0.3) is 93.5 Å². The normalized spacial score (nSPS) is 13.1. The minimum absolute atomic E-state index is 0.554. The fourth-order valence-electron chi connectivity index (χ4n) is 11.9. The van der Waals surface area contributed by atoms with Crippen LogP contribution in [0.5, 0.6) is 0 Å². The number of nitrogens with zero attached hydrogens (tertiary/aromatic N) is 2. The van der Waals surface area contributed by atoms with Gasteiger partial charge in [0.25, 0.3) is 0 Å². The van der Waals surface area contributed by atoms with Crippen molar-refractivity contribution in [3.8, 4) is 50.2 Å². The van der Waals surface area contributed by atoms with Crippen LogP contribution in [-0.4, -0.2) is 4.57 Å². The molecule has 1 aromatic heterocycles. The molecule has 0 bridgehead atoms. The average Bonchev–Trinajstić information content (AvgIpc) is 3.78. The first-order chi connectivity index (χ1) is 34.8. The molecule has 2 heteroatoms. The zero-order chi connectivity index (χ0) is 46.4. The summed E-state index contributed by atoms with van der Waals surface area (Å²) in [5, 5.41) is 7.64. The summed E-state index contributed by atoms with van der Waals surface area (Å²) >= 11 is 0. The zero-order valence-corrected chi connectivity index (χ0v) is 39.2. The molecule has 2 nitrogen and oxygen atoms in total. The quantitative estimate of drug-likeness (QED) is 0.140. The Labute approximate surface area is 410 Å². The van der Waals surface area contributed by atoms with Crippen LogP contribution in [-0.2, 0) is 0 Å². The second-order valence-corrected chi connectivity index (χ2v) is 19.0. The Morgan fingerprint density at radius 2 is 0.871 bits per heavy atom. The van der Waals surface area contributed by atoms with Crippen LogP contribution in [0.1, 0.15) is 43.6 Å². The zero-order valence-electron chi connectivity index (χ0n) is 39.2. The van der Waals surface area contributed by atoms with Gasteiger partial charge in [-0.15, -0.1) is 0 Å². The maximum atomic E-state index is 2.55. The second kappa shape index (κ2) is 17.9. The maximum Gasteiger partial charge on any atom is 0.0619 e. The number of anilines is 3. The van der Waals surface area contributed by atoms with Crippen molar-refractivity contribution >= 4 is 60.4 Å². The first kappa shape index (κ1) is 41.7. The monoisotopic (exact) mass is 896 g/mol. The predicted molar refractivity (Wildman–Crippen MR) is 298 cm³/mol. The molecular formula is C68H52N2. The van der Waals surface area contributed by atoms with Crippen molar-refractivity contribution in [1.82, 2.24) is 4.57 Å². The summed E-state index contributed by atoms with van der Waals surface area (Å²) in [7, 11) is 0. The molecule has 0 aliphatic heterocycles. The lowest BCUT2D eigenvalue weighted by atomic mass is 9.80. The van der Waals surface area contributed by atoms with Gasteiger partial charge in [-0.25, -0.2) is 0 Å². The lowest BCUT2D eigenvalue weighted by Gasteiger charge is -2.31. The average molecular weight is 897 g/mol. The highest BCUT2D eigenvalue weighted by Gasteiger charge is 2.26. The summed E-state index contributed by atoms with van der Waals surface area (Å²) in [6, 6.07) is 92.2. The van der Waals surface area contributed by atoms with E-state index in [2.05, 4.69) is 258 Å². The molecule has 1 saturated carbocycles. The van der Waals surface area contributed by atoms with E-state index in [1.54, 1.807) is 0 Å². The van der Waals surface area contributed by atoms with Gasteiger partial charge in [0.15, 0.2) is 0 Å². The molecule has 1 aliphatic carbocycles. The Hall–Kier alpha value is -8.46. The molecule has 12 aromatic rings. The van der Waals surface area contributed by atoms with Crippen molar-refractivity contribution in [3.05, 3.63) is 254 Å². The smallest absolute Gasteiger partial charge is 0.0619 e. The summed E-state index contributed by atoms with van der Waals surface area (Å²) in [5.74, 6) is 0.554. The third kappa shape index (κ3) is 7.18. The number of para-hydroxylation sites is 5. The number of benzene rings is 11. The van der Waals surface area contributed by atoms with Crippen molar-refractivity contribution in [1.29, 1.82) is 0 Å². The SMILES string of the molecule is c1ccc(-c2cccc3cccc(-c4ccccc4N(c4cccc(-c5cccc6c7ccccc7n(-c7ccccc7)c56)c4)c4ccccc4-c4cccc5cccc(C6CCCCC6)c45)c23)cc1. The van der Waals surface area contributed by atoms with E-state index in [1.165, 1.54) is 120 Å². The molecule has 0 unspecified atom stereocenters. The summed E-state index contributed by atoms with van der Waals surface area (Å²) in [5.41, 5.74) is 18.0. The highest BCUT2D eigenvalue weighted by Crippen LogP contribution is 2.50. The first-order valence-electron chi connectivity index (χ1n) is 25.0. The third-order valence-corrected chi connectivity index (χ3v) is 15.0. The van der Waals surface area contributed by atoms with E-state index in [0.29, 0.717) is 5.92 Å². The van der Waals surface area contributed by atoms with Gasteiger partial charge < -0.3 is 9.47 Å². The van der Waals surface area contributed by atoms with Crippen LogP contribution in [0.4, 0.5) is 17.1 Å². The molecule has 1 heterocycles. The molecule has 0 radical (unpaired) electrons. The van der Waals surface area contributed by atoms with Crippen LogP contribution in [0.3, 0.4) is 0 Å². The van der Waals surface area contributed by atoms with Gasteiger partial charge in [-0.05, 0) is 116 Å². The van der Waals surface area contributed by atoms with E-state index >= 15 is 0 Å². The van der Waals surface area contributed by atoms with Crippen molar-refractivity contribution in [2.75, 3.05) is 4.90 Å². The molecule has 0 spiro atoms. The molecule has 0 saturated heterocycles. The Kier molecular flexibility index (Phi) is 10.7. The van der Waals surface area contributed by atoms with Gasteiger partial charge in [-0.1, -0.05) is 226 Å². The standard InChI is InChI=1S/C68H52N2/c1-4-22-47(23-5-1)54-37-17-26-49-28-19-40-60(66(49)54)57-34-10-13-43-63(57)69(64-44-14-11-35-58(64)61-41-20-29-50-27-18-38-55(67(50)61)48-24-6-2-7-25-48)53-33-16-30-51(46-53)56-39-21-42-62-59-36-12-15-45-65(59)70(68(56)62)52-31-8-3-9-32-52/h1,3-5,8-23,26-46,48H,2,6-7,24-25H2. The molecule has 13 rings (SSSR count). The first-order valence-corrected chi connectivity index (χ1v) is 25.0. The van der Waals surface area contributed by atoms with Gasteiger partial charge in [-0.2, -0.15) is 0 Å². The lowest BCUT2D eigenvalue weighted by molar-refractivity contribution is 0.445. The summed E-state index contributed by atoms with van der Waals surface area (Å²) in [6.45, 7) is 0. The van der Waals surface area contributed by atoms with Gasteiger partial charge in [-0.3, -0.25) is 0 Å². The molecule has 11 aromatic carbocycles. The summed E-state index contributed by atoms with van der Waals surface area (Å²) in [6.07, 6.45) is 6.40. The van der Waals surface area contributed by atoms with Crippen LogP contribution in [0, 0.1) is 0 Å². The van der Waals surface area contributed by atoms with Crippen LogP contribution < -0.4 is 4.90 Å². The van der Waals surface area contributed by atoms with Crippen molar-refractivity contribution in [2.45, 2.75) is 38.0 Å². The predicted octanol–water partition coefficient (Wildman–Crippen LogP) is 19.3. The topological polar surface area (TPSA) is 8.17 Å². The van der Waals surface area contributed by atoms with Crippen molar-refractivity contribution in [2.24, 2.45) is 0 Å². The Bertz CT molecular complexity index is 3860. The van der Waals surface area contributed by atoms with Gasteiger partial charge in [0.1, 0.15) is 0 Å². The fourth-order valence-corrected chi connectivity index (χ4v) is 11.9. The van der Waals surface area contributed by atoms with Gasteiger partial charge >= 0.3 is 0 Å². The molecule has 70 heavy (non-hydrogen) atoms. The van der Waals surface area contributed by atoms with Gasteiger partial charge in [0.05, 0.1) is 22.4 Å². The molecule has 0 N–H and O–H groups in total. The van der Waals surface area contributed by atoms with Crippen LogP contribution >= 0.6 is 0 Å². The molecule has 0 amide bonds. The highest BCUT2D eigenvalue weighted by atomic mass is 15.1. The molecule has 1 aliphatic rings.